The topological polar surface area (TPSA) is 108 Å². The fourth-order valence-corrected chi connectivity index (χ4v) is 3.35. The average molecular weight is 449 g/mol. The van der Waals surface area contributed by atoms with E-state index in [2.05, 4.69) is 49.6 Å². The first-order valence-corrected chi connectivity index (χ1v) is 12.7. The lowest BCUT2D eigenvalue weighted by molar-refractivity contribution is -0.122. The number of hydrogen-bond acceptors (Lipinski definition) is 4. The van der Waals surface area contributed by atoms with Gasteiger partial charge < -0.3 is 16.4 Å². The van der Waals surface area contributed by atoms with Gasteiger partial charge in [0.05, 0.1) is 6.07 Å². The van der Waals surface area contributed by atoms with Crippen LogP contribution < -0.4 is 16.4 Å². The Hall–Kier alpha value is -1.87. The molecule has 3 atom stereocenters. The lowest BCUT2D eigenvalue weighted by Gasteiger charge is -2.10. The molecule has 0 aromatic carbocycles. The maximum Gasteiger partial charge on any atom is 0.220 e. The summed E-state index contributed by atoms with van der Waals surface area (Å²) in [6.45, 7) is 8.70. The van der Waals surface area contributed by atoms with Crippen LogP contribution in [0.1, 0.15) is 97.8 Å². The monoisotopic (exact) mass is 448 g/mol. The van der Waals surface area contributed by atoms with E-state index < -0.39 is 0 Å². The number of rotatable bonds is 20. The van der Waals surface area contributed by atoms with Crippen LogP contribution in [0.25, 0.3) is 0 Å². The van der Waals surface area contributed by atoms with E-state index in [4.69, 9.17) is 5.73 Å². The lowest BCUT2D eigenvalue weighted by atomic mass is 9.98. The molecule has 0 radical (unpaired) electrons. The van der Waals surface area contributed by atoms with Crippen molar-refractivity contribution in [3.05, 3.63) is 12.2 Å². The standard InChI is InChI=1S/C26H48N4O2/c1-4-22(2)12-10-18-30-26(32)17-16-24(21-28)14-8-6-5-7-9-15-25(31)29-19-11-13-23(3)20-27/h5-6,22-24H,4,7-20,27H2,1-3H3,(H,29,31)(H,30,32)/b6-5+. The molecular formula is C26H48N4O2. The van der Waals surface area contributed by atoms with Gasteiger partial charge in [0.2, 0.25) is 11.8 Å². The van der Waals surface area contributed by atoms with Crippen molar-refractivity contribution in [3.8, 4) is 6.07 Å². The number of allylic oxidation sites excluding steroid dienone is 2. The Morgan fingerprint density at radius 1 is 0.875 bits per heavy atom. The SMILES string of the molecule is CCC(C)CCCNC(=O)CCC(C#N)CC/C=C/CCCC(=O)NCCCC(C)CN. The maximum atomic E-state index is 11.9. The van der Waals surface area contributed by atoms with Crippen molar-refractivity contribution in [1.29, 1.82) is 5.26 Å². The third-order valence-electron chi connectivity index (χ3n) is 6.02. The molecule has 0 aliphatic heterocycles. The van der Waals surface area contributed by atoms with Crippen LogP contribution in [-0.4, -0.2) is 31.4 Å². The average Bonchev–Trinajstić information content (AvgIpc) is 2.80. The van der Waals surface area contributed by atoms with Gasteiger partial charge in [-0.3, -0.25) is 9.59 Å². The van der Waals surface area contributed by atoms with Crippen molar-refractivity contribution >= 4 is 11.8 Å². The molecule has 2 amide bonds. The van der Waals surface area contributed by atoms with Crippen LogP contribution in [0.4, 0.5) is 0 Å². The highest BCUT2D eigenvalue weighted by atomic mass is 16.2. The van der Waals surface area contributed by atoms with E-state index >= 15 is 0 Å². The number of carbonyl (C=O) groups excluding carboxylic acids is 2. The lowest BCUT2D eigenvalue weighted by Crippen LogP contribution is -2.25. The van der Waals surface area contributed by atoms with Gasteiger partial charge in [-0.2, -0.15) is 5.26 Å². The van der Waals surface area contributed by atoms with Gasteiger partial charge in [0.1, 0.15) is 0 Å². The highest BCUT2D eigenvalue weighted by Gasteiger charge is 2.10. The smallest absolute Gasteiger partial charge is 0.220 e. The molecule has 3 unspecified atom stereocenters. The summed E-state index contributed by atoms with van der Waals surface area (Å²) >= 11 is 0. The Kier molecular flexibility index (Phi) is 19.8. The minimum atomic E-state index is -0.0849. The molecule has 0 bridgehead atoms. The van der Waals surface area contributed by atoms with Gasteiger partial charge in [0.15, 0.2) is 0 Å². The van der Waals surface area contributed by atoms with Crippen molar-refractivity contribution in [2.45, 2.75) is 97.8 Å². The molecule has 0 fully saturated rings. The van der Waals surface area contributed by atoms with E-state index in [1.165, 1.54) is 6.42 Å². The molecule has 6 heteroatoms. The fraction of sp³-hybridized carbons (Fsp3) is 0.808. The predicted molar refractivity (Wildman–Crippen MR) is 133 cm³/mol. The minimum absolute atomic E-state index is 0.0529. The highest BCUT2D eigenvalue weighted by molar-refractivity contribution is 5.76. The minimum Gasteiger partial charge on any atom is -0.356 e. The molecule has 184 valence electrons. The zero-order chi connectivity index (χ0) is 24.0. The van der Waals surface area contributed by atoms with Crippen molar-refractivity contribution in [1.82, 2.24) is 10.6 Å². The zero-order valence-corrected chi connectivity index (χ0v) is 20.8. The van der Waals surface area contributed by atoms with Crippen LogP contribution in [0.5, 0.6) is 0 Å². The van der Waals surface area contributed by atoms with Crippen LogP contribution in [0.2, 0.25) is 0 Å². The third-order valence-corrected chi connectivity index (χ3v) is 6.02. The number of nitrogens with one attached hydrogen (secondary N) is 2. The molecule has 0 aliphatic carbocycles. The summed E-state index contributed by atoms with van der Waals surface area (Å²) in [4.78, 5) is 23.7. The Bertz CT molecular complexity index is 557. The van der Waals surface area contributed by atoms with Crippen molar-refractivity contribution in [3.63, 3.8) is 0 Å². The molecule has 6 nitrogen and oxygen atoms in total. The molecule has 0 aromatic heterocycles. The molecular weight excluding hydrogens is 400 g/mol. The maximum absolute atomic E-state index is 11.9. The van der Waals surface area contributed by atoms with Crippen molar-refractivity contribution in [2.75, 3.05) is 19.6 Å². The summed E-state index contributed by atoms with van der Waals surface area (Å²) in [5, 5.41) is 15.2. The van der Waals surface area contributed by atoms with Gasteiger partial charge in [0.25, 0.3) is 0 Å². The van der Waals surface area contributed by atoms with E-state index in [0.717, 1.165) is 64.5 Å². The van der Waals surface area contributed by atoms with Crippen LogP contribution in [0, 0.1) is 29.1 Å². The highest BCUT2D eigenvalue weighted by Crippen LogP contribution is 2.14. The largest absolute Gasteiger partial charge is 0.356 e. The first-order chi connectivity index (χ1) is 15.4. The number of unbranched alkanes of at least 4 members (excludes halogenated alkanes) is 1. The second-order valence-corrected chi connectivity index (χ2v) is 9.14. The van der Waals surface area contributed by atoms with E-state index in [9.17, 15) is 14.9 Å². The fourth-order valence-electron chi connectivity index (χ4n) is 3.35. The van der Waals surface area contributed by atoms with Crippen molar-refractivity contribution in [2.24, 2.45) is 23.5 Å². The van der Waals surface area contributed by atoms with Gasteiger partial charge in [0, 0.05) is 31.8 Å². The number of nitrogens with zero attached hydrogens (tertiary/aromatic N) is 1. The number of nitrogens with two attached hydrogens (primary N) is 1. The zero-order valence-electron chi connectivity index (χ0n) is 20.8. The summed E-state index contributed by atoms with van der Waals surface area (Å²) in [6, 6.07) is 2.33. The summed E-state index contributed by atoms with van der Waals surface area (Å²) < 4.78 is 0. The molecule has 0 saturated heterocycles. The molecule has 0 spiro atoms. The first kappa shape index (κ1) is 30.1. The second kappa shape index (κ2) is 21.0. The van der Waals surface area contributed by atoms with Crippen LogP contribution in [-0.2, 0) is 9.59 Å². The Morgan fingerprint density at radius 3 is 2.06 bits per heavy atom. The Balaban J connectivity index is 3.72. The van der Waals surface area contributed by atoms with Crippen LogP contribution in [0.15, 0.2) is 12.2 Å². The van der Waals surface area contributed by atoms with Gasteiger partial charge in [-0.1, -0.05) is 39.3 Å². The normalized spacial score (nSPS) is 14.0. The molecule has 0 aliphatic rings. The molecule has 4 N–H and O–H groups in total. The number of hydrogen-bond donors (Lipinski definition) is 3. The molecule has 0 saturated carbocycles. The number of carbonyl (C=O) groups is 2. The summed E-state index contributed by atoms with van der Waals surface area (Å²) in [5.74, 6) is 1.30. The van der Waals surface area contributed by atoms with Gasteiger partial charge >= 0.3 is 0 Å². The third kappa shape index (κ3) is 18.9. The molecule has 32 heavy (non-hydrogen) atoms. The first-order valence-electron chi connectivity index (χ1n) is 12.7. The van der Waals surface area contributed by atoms with Crippen LogP contribution >= 0.6 is 0 Å². The van der Waals surface area contributed by atoms with E-state index in [1.807, 2.05) is 0 Å². The van der Waals surface area contributed by atoms with E-state index in [1.54, 1.807) is 0 Å². The van der Waals surface area contributed by atoms with Gasteiger partial charge in [-0.15, -0.1) is 0 Å². The number of amides is 2. The predicted octanol–water partition coefficient (Wildman–Crippen LogP) is 4.85. The molecule has 0 rings (SSSR count). The summed E-state index contributed by atoms with van der Waals surface area (Å²) in [6.07, 6.45) is 14.4. The molecule has 0 aromatic rings. The number of nitriles is 1. The second-order valence-electron chi connectivity index (χ2n) is 9.14. The van der Waals surface area contributed by atoms with Gasteiger partial charge in [-0.05, 0) is 76.2 Å². The van der Waals surface area contributed by atoms with Crippen LogP contribution in [0.3, 0.4) is 0 Å². The van der Waals surface area contributed by atoms with Gasteiger partial charge in [-0.25, -0.2) is 0 Å². The van der Waals surface area contributed by atoms with Crippen molar-refractivity contribution < 1.29 is 9.59 Å². The molecule has 0 heterocycles. The summed E-state index contributed by atoms with van der Waals surface area (Å²) in [5.41, 5.74) is 5.59. The van der Waals surface area contributed by atoms with E-state index in [-0.39, 0.29) is 17.7 Å². The Labute approximate surface area is 196 Å². The Morgan fingerprint density at radius 2 is 1.47 bits per heavy atom. The quantitative estimate of drug-likeness (QED) is 0.183. The summed E-state index contributed by atoms with van der Waals surface area (Å²) in [7, 11) is 0. The van der Waals surface area contributed by atoms with E-state index in [0.29, 0.717) is 37.6 Å².